The minimum atomic E-state index is -1.20. The van der Waals surface area contributed by atoms with Crippen molar-refractivity contribution in [3.05, 3.63) is 29.6 Å². The summed E-state index contributed by atoms with van der Waals surface area (Å²) in [5.74, 6) is -2.48. The molecule has 0 fully saturated rings. The number of carbonyl (C=O) groups excluding carboxylic acids is 1. The van der Waals surface area contributed by atoms with Gasteiger partial charge in [0.1, 0.15) is 12.4 Å². The molecule has 0 atom stereocenters. The van der Waals surface area contributed by atoms with E-state index in [0.29, 0.717) is 13.2 Å². The van der Waals surface area contributed by atoms with Crippen LogP contribution in [0.15, 0.2) is 18.2 Å². The number of benzene rings is 1. The summed E-state index contributed by atoms with van der Waals surface area (Å²) in [6, 6.07) is 3.15. The van der Waals surface area contributed by atoms with Gasteiger partial charge in [0.25, 0.3) is 0 Å². The molecule has 0 spiro atoms. The minimum absolute atomic E-state index is 0.112. The third-order valence-corrected chi connectivity index (χ3v) is 2.30. The first-order valence-corrected chi connectivity index (χ1v) is 6.02. The number of anilines is 1. The number of halogens is 1. The molecule has 6 nitrogen and oxygen atoms in total. The Labute approximate surface area is 115 Å². The van der Waals surface area contributed by atoms with Crippen molar-refractivity contribution in [1.82, 2.24) is 0 Å². The van der Waals surface area contributed by atoms with Gasteiger partial charge in [0.2, 0.25) is 5.91 Å². The van der Waals surface area contributed by atoms with E-state index in [1.165, 1.54) is 0 Å². The fourth-order valence-corrected chi connectivity index (χ4v) is 1.37. The van der Waals surface area contributed by atoms with Gasteiger partial charge in [0.15, 0.2) is 0 Å². The third kappa shape index (κ3) is 5.33. The molecular weight excluding hydrogens is 269 g/mol. The molecule has 0 unspecified atom stereocenters. The monoisotopic (exact) mass is 285 g/mol. The molecule has 7 heteroatoms. The summed E-state index contributed by atoms with van der Waals surface area (Å²) in [5.41, 5.74) is -0.303. The Morgan fingerprint density at radius 1 is 1.30 bits per heavy atom. The maximum atomic E-state index is 13.4. The van der Waals surface area contributed by atoms with Gasteiger partial charge in [-0.05, 0) is 25.1 Å². The number of nitrogens with one attached hydrogen (secondary N) is 1. The van der Waals surface area contributed by atoms with Crippen LogP contribution in [0, 0.1) is 5.82 Å². The van der Waals surface area contributed by atoms with E-state index in [0.717, 1.165) is 18.2 Å². The number of carboxylic acid groups (broad SMARTS) is 1. The highest BCUT2D eigenvalue weighted by Crippen LogP contribution is 2.16. The SMILES string of the molecule is CCOCCOCC(=O)Nc1cc(C(=O)O)ccc1F. The molecular formula is C13H16FNO5. The highest BCUT2D eigenvalue weighted by Gasteiger charge is 2.11. The molecule has 1 aromatic rings. The van der Waals surface area contributed by atoms with E-state index < -0.39 is 17.7 Å². The van der Waals surface area contributed by atoms with Crippen molar-refractivity contribution in [3.63, 3.8) is 0 Å². The topological polar surface area (TPSA) is 84.9 Å². The molecule has 0 heterocycles. The zero-order valence-corrected chi connectivity index (χ0v) is 11.0. The summed E-state index contributed by atoms with van der Waals surface area (Å²) in [6.45, 7) is 2.75. The molecule has 0 aliphatic heterocycles. The summed E-state index contributed by atoms with van der Waals surface area (Å²) in [7, 11) is 0. The zero-order valence-electron chi connectivity index (χ0n) is 11.0. The molecule has 0 aromatic heterocycles. The summed E-state index contributed by atoms with van der Waals surface area (Å²) in [4.78, 5) is 22.2. The van der Waals surface area contributed by atoms with Gasteiger partial charge >= 0.3 is 5.97 Å². The van der Waals surface area contributed by atoms with Gasteiger partial charge < -0.3 is 19.9 Å². The number of hydrogen-bond donors (Lipinski definition) is 2. The van der Waals surface area contributed by atoms with Gasteiger partial charge in [-0.1, -0.05) is 0 Å². The molecule has 0 saturated heterocycles. The van der Waals surface area contributed by atoms with Crippen LogP contribution in [0.5, 0.6) is 0 Å². The molecule has 2 N–H and O–H groups in total. The number of rotatable bonds is 8. The van der Waals surface area contributed by atoms with Crippen molar-refractivity contribution >= 4 is 17.6 Å². The number of amides is 1. The van der Waals surface area contributed by atoms with Crippen LogP contribution in [-0.2, 0) is 14.3 Å². The van der Waals surface area contributed by atoms with Gasteiger partial charge in [0, 0.05) is 6.61 Å². The normalized spacial score (nSPS) is 10.3. The fourth-order valence-electron chi connectivity index (χ4n) is 1.37. The fraction of sp³-hybridized carbons (Fsp3) is 0.385. The Balaban J connectivity index is 2.49. The minimum Gasteiger partial charge on any atom is -0.478 e. The van der Waals surface area contributed by atoms with Gasteiger partial charge in [-0.25, -0.2) is 9.18 Å². The average Bonchev–Trinajstić information content (AvgIpc) is 2.40. The highest BCUT2D eigenvalue weighted by atomic mass is 19.1. The van der Waals surface area contributed by atoms with Crippen LogP contribution in [0.25, 0.3) is 0 Å². The Morgan fingerprint density at radius 2 is 2.00 bits per heavy atom. The van der Waals surface area contributed by atoms with Crippen molar-refractivity contribution in [2.24, 2.45) is 0 Å². The predicted molar refractivity (Wildman–Crippen MR) is 69.3 cm³/mol. The molecule has 0 saturated carbocycles. The van der Waals surface area contributed by atoms with Crippen LogP contribution in [0.2, 0.25) is 0 Å². The van der Waals surface area contributed by atoms with Gasteiger partial charge in [0.05, 0.1) is 24.5 Å². The second-order valence-corrected chi connectivity index (χ2v) is 3.80. The van der Waals surface area contributed by atoms with Crippen LogP contribution in [-0.4, -0.2) is 43.4 Å². The maximum Gasteiger partial charge on any atom is 0.335 e. The van der Waals surface area contributed by atoms with Gasteiger partial charge in [-0.15, -0.1) is 0 Å². The summed E-state index contributed by atoms with van der Waals surface area (Å²) >= 11 is 0. The van der Waals surface area contributed by atoms with Crippen molar-refractivity contribution in [1.29, 1.82) is 0 Å². The smallest absolute Gasteiger partial charge is 0.335 e. The zero-order chi connectivity index (χ0) is 15.0. The standard InChI is InChI=1S/C13H16FNO5/c1-2-19-5-6-20-8-12(16)15-11-7-9(13(17)18)3-4-10(11)14/h3-4,7H,2,5-6,8H2,1H3,(H,15,16)(H,17,18). The van der Waals surface area contributed by atoms with Crippen molar-refractivity contribution < 1.29 is 28.6 Å². The van der Waals surface area contributed by atoms with Crippen molar-refractivity contribution in [3.8, 4) is 0 Å². The summed E-state index contributed by atoms with van der Waals surface area (Å²) < 4.78 is 23.4. The van der Waals surface area contributed by atoms with E-state index >= 15 is 0 Å². The molecule has 1 rings (SSSR count). The molecule has 0 radical (unpaired) electrons. The Hall–Kier alpha value is -1.99. The van der Waals surface area contributed by atoms with Crippen molar-refractivity contribution in [2.75, 3.05) is 31.7 Å². The van der Waals surface area contributed by atoms with Crippen LogP contribution in [0.4, 0.5) is 10.1 Å². The average molecular weight is 285 g/mol. The molecule has 1 amide bonds. The summed E-state index contributed by atoms with van der Waals surface area (Å²) in [6.07, 6.45) is 0. The maximum absolute atomic E-state index is 13.4. The lowest BCUT2D eigenvalue weighted by atomic mass is 10.2. The van der Waals surface area contributed by atoms with Crippen LogP contribution < -0.4 is 5.32 Å². The lowest BCUT2D eigenvalue weighted by Crippen LogP contribution is -2.20. The van der Waals surface area contributed by atoms with Crippen molar-refractivity contribution in [2.45, 2.75) is 6.92 Å². The third-order valence-electron chi connectivity index (χ3n) is 2.30. The molecule has 0 bridgehead atoms. The van der Waals surface area contributed by atoms with Crippen LogP contribution in [0.3, 0.4) is 0 Å². The second kappa shape index (κ2) is 8.23. The van der Waals surface area contributed by atoms with Gasteiger partial charge in [-0.2, -0.15) is 0 Å². The number of carboxylic acids is 1. The largest absolute Gasteiger partial charge is 0.478 e. The van der Waals surface area contributed by atoms with Crippen LogP contribution in [0.1, 0.15) is 17.3 Å². The van der Waals surface area contributed by atoms with Crippen LogP contribution >= 0.6 is 0 Å². The Morgan fingerprint density at radius 3 is 2.65 bits per heavy atom. The van der Waals surface area contributed by atoms with Gasteiger partial charge in [-0.3, -0.25) is 4.79 Å². The molecule has 20 heavy (non-hydrogen) atoms. The van der Waals surface area contributed by atoms with E-state index in [-0.39, 0.29) is 24.5 Å². The number of carbonyl (C=O) groups is 2. The number of aromatic carboxylic acids is 1. The first-order valence-electron chi connectivity index (χ1n) is 6.02. The molecule has 1 aromatic carbocycles. The Bertz CT molecular complexity index is 478. The summed E-state index contributed by atoms with van der Waals surface area (Å²) in [5, 5.41) is 11.0. The lowest BCUT2D eigenvalue weighted by molar-refractivity contribution is -0.121. The lowest BCUT2D eigenvalue weighted by Gasteiger charge is -2.08. The van der Waals surface area contributed by atoms with E-state index in [1.54, 1.807) is 0 Å². The van der Waals surface area contributed by atoms with E-state index in [9.17, 15) is 14.0 Å². The first-order chi connectivity index (χ1) is 9.54. The molecule has 0 aliphatic rings. The quantitative estimate of drug-likeness (QED) is 0.707. The predicted octanol–water partition coefficient (Wildman–Crippen LogP) is 1.52. The highest BCUT2D eigenvalue weighted by molar-refractivity contribution is 5.94. The molecule has 0 aliphatic carbocycles. The van der Waals surface area contributed by atoms with E-state index in [2.05, 4.69) is 5.32 Å². The molecule has 110 valence electrons. The number of ether oxygens (including phenoxy) is 2. The second-order valence-electron chi connectivity index (χ2n) is 3.80. The van der Waals surface area contributed by atoms with E-state index in [1.807, 2.05) is 6.92 Å². The Kier molecular flexibility index (Phi) is 6.61. The number of hydrogen-bond acceptors (Lipinski definition) is 4. The first kappa shape index (κ1) is 16.1. The van der Waals surface area contributed by atoms with E-state index in [4.69, 9.17) is 14.6 Å².